The molecule has 1 atom stereocenters. The Morgan fingerprint density at radius 3 is 2.60 bits per heavy atom. The molecule has 5 heteroatoms. The first kappa shape index (κ1) is 16.0. The lowest BCUT2D eigenvalue weighted by molar-refractivity contribution is 0.0752. The number of rotatable bonds is 6. The van der Waals surface area contributed by atoms with Gasteiger partial charge in [-0.3, -0.25) is 4.79 Å². The standard InChI is InChI=1S/C15H23N3O2/c1-4-12-8-6-7-9-13(12)15(19)18(5-2)10-11(3)14(16)17-20/h6-9,11,20H,4-5,10H2,1-3H3,(H2,16,17). The number of nitrogens with zero attached hydrogens (tertiary/aromatic N) is 2. The second-order valence-electron chi connectivity index (χ2n) is 4.78. The van der Waals surface area contributed by atoms with E-state index in [2.05, 4.69) is 5.16 Å². The number of carbonyl (C=O) groups is 1. The van der Waals surface area contributed by atoms with Crippen LogP contribution in [0.5, 0.6) is 0 Å². The van der Waals surface area contributed by atoms with E-state index in [1.165, 1.54) is 0 Å². The van der Waals surface area contributed by atoms with Gasteiger partial charge in [-0.15, -0.1) is 0 Å². The van der Waals surface area contributed by atoms with E-state index in [0.717, 1.165) is 17.5 Å². The lowest BCUT2D eigenvalue weighted by Gasteiger charge is -2.25. The van der Waals surface area contributed by atoms with Gasteiger partial charge in [0.15, 0.2) is 0 Å². The molecule has 110 valence electrons. The number of hydrogen-bond acceptors (Lipinski definition) is 3. The molecule has 0 heterocycles. The third-order valence-electron chi connectivity index (χ3n) is 3.41. The number of amidine groups is 1. The van der Waals surface area contributed by atoms with Gasteiger partial charge < -0.3 is 15.8 Å². The predicted octanol–water partition coefficient (Wildman–Crippen LogP) is 2.09. The van der Waals surface area contributed by atoms with E-state index < -0.39 is 0 Å². The van der Waals surface area contributed by atoms with Crippen molar-refractivity contribution >= 4 is 11.7 Å². The first-order valence-corrected chi connectivity index (χ1v) is 6.89. The van der Waals surface area contributed by atoms with Gasteiger partial charge in [0.1, 0.15) is 5.84 Å². The second-order valence-corrected chi connectivity index (χ2v) is 4.78. The van der Waals surface area contributed by atoms with E-state index in [1.54, 1.807) is 4.90 Å². The summed E-state index contributed by atoms with van der Waals surface area (Å²) in [7, 11) is 0. The monoisotopic (exact) mass is 277 g/mol. The van der Waals surface area contributed by atoms with Crippen LogP contribution in [0.15, 0.2) is 29.4 Å². The quantitative estimate of drug-likeness (QED) is 0.362. The van der Waals surface area contributed by atoms with Crippen molar-refractivity contribution in [1.29, 1.82) is 0 Å². The molecule has 0 spiro atoms. The van der Waals surface area contributed by atoms with Crippen LogP contribution in [-0.2, 0) is 6.42 Å². The van der Waals surface area contributed by atoms with Crippen molar-refractivity contribution in [3.63, 3.8) is 0 Å². The number of aryl methyl sites for hydroxylation is 1. The normalized spacial score (nSPS) is 13.1. The molecule has 1 aromatic rings. The van der Waals surface area contributed by atoms with Gasteiger partial charge in [0.2, 0.25) is 0 Å². The molecule has 0 saturated carbocycles. The molecule has 0 fully saturated rings. The highest BCUT2D eigenvalue weighted by Gasteiger charge is 2.20. The third kappa shape index (κ3) is 3.73. The summed E-state index contributed by atoms with van der Waals surface area (Å²) in [6, 6.07) is 7.62. The van der Waals surface area contributed by atoms with Crippen molar-refractivity contribution in [3.05, 3.63) is 35.4 Å². The molecule has 0 bridgehead atoms. The van der Waals surface area contributed by atoms with Gasteiger partial charge in [-0.2, -0.15) is 0 Å². The molecule has 0 aliphatic rings. The molecular formula is C15H23N3O2. The Hall–Kier alpha value is -2.04. The van der Waals surface area contributed by atoms with Crippen molar-refractivity contribution in [2.75, 3.05) is 13.1 Å². The van der Waals surface area contributed by atoms with E-state index >= 15 is 0 Å². The van der Waals surface area contributed by atoms with Gasteiger partial charge in [0.05, 0.1) is 0 Å². The Kier molecular flexibility index (Phi) is 6.03. The fraction of sp³-hybridized carbons (Fsp3) is 0.467. The largest absolute Gasteiger partial charge is 0.409 e. The average Bonchev–Trinajstić information content (AvgIpc) is 2.50. The lowest BCUT2D eigenvalue weighted by Crippen LogP contribution is -2.39. The van der Waals surface area contributed by atoms with E-state index in [0.29, 0.717) is 13.1 Å². The molecule has 1 unspecified atom stereocenters. The van der Waals surface area contributed by atoms with E-state index in [1.807, 2.05) is 45.0 Å². The maximum absolute atomic E-state index is 12.6. The van der Waals surface area contributed by atoms with Crippen LogP contribution in [-0.4, -0.2) is 34.9 Å². The molecule has 1 rings (SSSR count). The maximum Gasteiger partial charge on any atom is 0.254 e. The number of amides is 1. The second kappa shape index (κ2) is 7.53. The molecule has 20 heavy (non-hydrogen) atoms. The first-order chi connectivity index (χ1) is 9.54. The van der Waals surface area contributed by atoms with Crippen LogP contribution in [0.4, 0.5) is 0 Å². The minimum Gasteiger partial charge on any atom is -0.409 e. The van der Waals surface area contributed by atoms with Gasteiger partial charge in [0.25, 0.3) is 5.91 Å². The smallest absolute Gasteiger partial charge is 0.254 e. The fourth-order valence-electron chi connectivity index (χ4n) is 2.09. The van der Waals surface area contributed by atoms with E-state index in [-0.39, 0.29) is 17.7 Å². The fourth-order valence-corrected chi connectivity index (χ4v) is 2.09. The molecule has 1 amide bonds. The zero-order chi connectivity index (χ0) is 15.1. The lowest BCUT2D eigenvalue weighted by atomic mass is 10.0. The van der Waals surface area contributed by atoms with Crippen LogP contribution < -0.4 is 5.73 Å². The SMILES string of the molecule is CCc1ccccc1C(=O)N(CC)CC(C)/C(N)=N/O. The number of nitrogens with two attached hydrogens (primary N) is 1. The van der Waals surface area contributed by atoms with Gasteiger partial charge in [-0.25, -0.2) is 0 Å². The molecule has 0 radical (unpaired) electrons. The van der Waals surface area contributed by atoms with Crippen LogP contribution in [0.1, 0.15) is 36.7 Å². The highest BCUT2D eigenvalue weighted by molar-refractivity contribution is 5.96. The highest BCUT2D eigenvalue weighted by Crippen LogP contribution is 2.14. The Balaban J connectivity index is 2.92. The molecule has 0 aliphatic heterocycles. The highest BCUT2D eigenvalue weighted by atomic mass is 16.4. The number of oxime groups is 1. The summed E-state index contributed by atoms with van der Waals surface area (Å²) in [5.41, 5.74) is 7.34. The topological polar surface area (TPSA) is 78.9 Å². The first-order valence-electron chi connectivity index (χ1n) is 6.89. The summed E-state index contributed by atoms with van der Waals surface area (Å²) in [5.74, 6) is -0.0553. The zero-order valence-corrected chi connectivity index (χ0v) is 12.3. The molecule has 5 nitrogen and oxygen atoms in total. The minimum absolute atomic E-state index is 0.0115. The van der Waals surface area contributed by atoms with Crippen molar-refractivity contribution in [2.24, 2.45) is 16.8 Å². The Morgan fingerprint density at radius 2 is 2.05 bits per heavy atom. The van der Waals surface area contributed by atoms with Crippen LogP contribution in [0.3, 0.4) is 0 Å². The van der Waals surface area contributed by atoms with Gasteiger partial charge >= 0.3 is 0 Å². The third-order valence-corrected chi connectivity index (χ3v) is 3.41. The van der Waals surface area contributed by atoms with Crippen LogP contribution in [0.25, 0.3) is 0 Å². The Labute approximate surface area is 120 Å². The van der Waals surface area contributed by atoms with Crippen LogP contribution in [0.2, 0.25) is 0 Å². The molecule has 0 aliphatic carbocycles. The summed E-state index contributed by atoms with van der Waals surface area (Å²) in [6.07, 6.45) is 0.815. The molecule has 0 saturated heterocycles. The van der Waals surface area contributed by atoms with Crippen LogP contribution >= 0.6 is 0 Å². The molecule has 1 aromatic carbocycles. The van der Waals surface area contributed by atoms with Gasteiger partial charge in [0, 0.05) is 24.6 Å². The maximum atomic E-state index is 12.6. The van der Waals surface area contributed by atoms with Crippen molar-refractivity contribution in [3.8, 4) is 0 Å². The van der Waals surface area contributed by atoms with Crippen molar-refractivity contribution in [1.82, 2.24) is 4.90 Å². The molecular weight excluding hydrogens is 254 g/mol. The Morgan fingerprint density at radius 1 is 1.40 bits per heavy atom. The minimum atomic E-state index is -0.183. The summed E-state index contributed by atoms with van der Waals surface area (Å²) < 4.78 is 0. The van der Waals surface area contributed by atoms with Crippen molar-refractivity contribution in [2.45, 2.75) is 27.2 Å². The van der Waals surface area contributed by atoms with Gasteiger partial charge in [-0.05, 0) is 25.0 Å². The van der Waals surface area contributed by atoms with Crippen LogP contribution in [0, 0.1) is 5.92 Å². The molecule has 0 aromatic heterocycles. The van der Waals surface area contributed by atoms with E-state index in [9.17, 15) is 4.79 Å². The summed E-state index contributed by atoms with van der Waals surface area (Å²) in [4.78, 5) is 14.3. The molecule has 3 N–H and O–H groups in total. The Bertz CT molecular complexity index is 486. The zero-order valence-electron chi connectivity index (χ0n) is 12.3. The van der Waals surface area contributed by atoms with Crippen molar-refractivity contribution < 1.29 is 10.0 Å². The predicted molar refractivity (Wildman–Crippen MR) is 80.0 cm³/mol. The summed E-state index contributed by atoms with van der Waals surface area (Å²) in [6.45, 7) is 6.80. The number of carbonyl (C=O) groups excluding carboxylic acids is 1. The number of benzene rings is 1. The van der Waals surface area contributed by atoms with E-state index in [4.69, 9.17) is 10.9 Å². The number of hydrogen-bond donors (Lipinski definition) is 2. The summed E-state index contributed by atoms with van der Waals surface area (Å²) in [5, 5.41) is 11.7. The van der Waals surface area contributed by atoms with Gasteiger partial charge in [-0.1, -0.05) is 37.2 Å². The average molecular weight is 277 g/mol. The summed E-state index contributed by atoms with van der Waals surface area (Å²) >= 11 is 0.